The molecule has 0 aromatic heterocycles. The van der Waals surface area contributed by atoms with E-state index in [0.717, 1.165) is 31.2 Å². The normalized spacial score (nSPS) is 22.1. The second-order valence-electron chi connectivity index (χ2n) is 12.1. The Kier molecular flexibility index (Phi) is 9.58. The lowest BCUT2D eigenvalue weighted by Crippen LogP contribution is -2.54. The molecule has 1 N–H and O–H groups in total. The molecular formula is C30H38F3NO8S. The van der Waals surface area contributed by atoms with E-state index in [-0.39, 0.29) is 36.8 Å². The van der Waals surface area contributed by atoms with Crippen molar-refractivity contribution in [2.45, 2.75) is 88.5 Å². The number of ether oxygens (including phenoxy) is 3. The zero-order chi connectivity index (χ0) is 31.6. The average molecular weight is 630 g/mol. The SMILES string of the molecule is CC(C)(C)OC(=O)N1CCC[C@](O)(C[C@H](COS(C)(=O)=O)c2cc(OC(F)(F)F)ccc2OC2CC2)[C@H]1c1ccccc1. The lowest BCUT2D eigenvalue weighted by Gasteiger charge is -2.48. The van der Waals surface area contributed by atoms with E-state index < -0.39 is 58.1 Å². The first kappa shape index (κ1) is 32.9. The van der Waals surface area contributed by atoms with Crippen molar-refractivity contribution in [2.75, 3.05) is 19.4 Å². The maximum atomic E-state index is 13.4. The number of rotatable bonds is 10. The van der Waals surface area contributed by atoms with Crippen molar-refractivity contribution in [3.05, 3.63) is 59.7 Å². The number of benzene rings is 2. The second-order valence-corrected chi connectivity index (χ2v) is 13.8. The number of nitrogens with zero attached hydrogens (tertiary/aromatic N) is 1. The number of alkyl halides is 3. The van der Waals surface area contributed by atoms with Gasteiger partial charge in [-0.15, -0.1) is 13.2 Å². The number of carbonyl (C=O) groups is 1. The van der Waals surface area contributed by atoms with Crippen LogP contribution < -0.4 is 9.47 Å². The monoisotopic (exact) mass is 629 g/mol. The number of hydrogen-bond donors (Lipinski definition) is 1. The van der Waals surface area contributed by atoms with Gasteiger partial charge in [0.05, 0.1) is 30.6 Å². The van der Waals surface area contributed by atoms with Crippen LogP contribution in [-0.4, -0.2) is 67.6 Å². The van der Waals surface area contributed by atoms with Crippen molar-refractivity contribution in [3.63, 3.8) is 0 Å². The summed E-state index contributed by atoms with van der Waals surface area (Å²) >= 11 is 0. The number of carbonyl (C=O) groups excluding carboxylic acids is 1. The van der Waals surface area contributed by atoms with Gasteiger partial charge >= 0.3 is 12.5 Å². The summed E-state index contributed by atoms with van der Waals surface area (Å²) in [5.41, 5.74) is -1.68. The lowest BCUT2D eigenvalue weighted by molar-refractivity contribution is -0.274. The highest BCUT2D eigenvalue weighted by Gasteiger charge is 2.49. The number of aliphatic hydroxyl groups is 1. The third-order valence-corrected chi connectivity index (χ3v) is 7.69. The molecule has 0 bridgehead atoms. The van der Waals surface area contributed by atoms with Crippen molar-refractivity contribution < 1.29 is 49.9 Å². The fourth-order valence-corrected chi connectivity index (χ4v) is 5.79. The molecule has 2 aliphatic rings. The molecule has 1 saturated heterocycles. The number of likely N-dealkylation sites (tertiary alicyclic amines) is 1. The molecule has 0 unspecified atom stereocenters. The van der Waals surface area contributed by atoms with E-state index in [1.165, 1.54) is 11.0 Å². The van der Waals surface area contributed by atoms with Gasteiger partial charge in [0.25, 0.3) is 10.1 Å². The molecule has 1 saturated carbocycles. The number of amides is 1. The van der Waals surface area contributed by atoms with Crippen LogP contribution in [0.25, 0.3) is 0 Å². The Hall–Kier alpha value is -3.03. The predicted octanol–water partition coefficient (Wildman–Crippen LogP) is 6.08. The lowest BCUT2D eigenvalue weighted by atomic mass is 9.74. The van der Waals surface area contributed by atoms with Gasteiger partial charge in [-0.05, 0) is 76.6 Å². The first-order valence-corrected chi connectivity index (χ1v) is 15.9. The first-order valence-electron chi connectivity index (χ1n) is 14.1. The molecule has 3 atom stereocenters. The number of piperidine rings is 1. The Morgan fingerprint density at radius 2 is 1.79 bits per heavy atom. The van der Waals surface area contributed by atoms with Crippen LogP contribution in [0.1, 0.15) is 76.0 Å². The van der Waals surface area contributed by atoms with Gasteiger partial charge in [0.2, 0.25) is 0 Å². The van der Waals surface area contributed by atoms with E-state index in [0.29, 0.717) is 12.0 Å². The van der Waals surface area contributed by atoms with Crippen LogP contribution in [0.5, 0.6) is 11.5 Å². The van der Waals surface area contributed by atoms with Gasteiger partial charge in [-0.1, -0.05) is 30.3 Å². The van der Waals surface area contributed by atoms with Crippen LogP contribution in [0.3, 0.4) is 0 Å². The molecular weight excluding hydrogens is 591 g/mol. The molecule has 13 heteroatoms. The van der Waals surface area contributed by atoms with E-state index in [2.05, 4.69) is 4.74 Å². The van der Waals surface area contributed by atoms with Gasteiger partial charge in [0.1, 0.15) is 17.1 Å². The van der Waals surface area contributed by atoms with Gasteiger partial charge < -0.3 is 19.3 Å². The Morgan fingerprint density at radius 1 is 1.12 bits per heavy atom. The van der Waals surface area contributed by atoms with Crippen LogP contribution in [0.2, 0.25) is 0 Å². The molecule has 1 aliphatic heterocycles. The summed E-state index contributed by atoms with van der Waals surface area (Å²) in [7, 11) is -3.98. The molecule has 9 nitrogen and oxygen atoms in total. The summed E-state index contributed by atoms with van der Waals surface area (Å²) in [6, 6.07) is 11.5. The van der Waals surface area contributed by atoms with E-state index >= 15 is 0 Å². The Labute approximate surface area is 250 Å². The van der Waals surface area contributed by atoms with Crippen molar-refractivity contribution in [1.82, 2.24) is 4.90 Å². The van der Waals surface area contributed by atoms with Crippen molar-refractivity contribution in [1.29, 1.82) is 0 Å². The molecule has 0 spiro atoms. The summed E-state index contributed by atoms with van der Waals surface area (Å²) < 4.78 is 84.6. The Morgan fingerprint density at radius 3 is 2.37 bits per heavy atom. The zero-order valence-corrected chi connectivity index (χ0v) is 25.4. The van der Waals surface area contributed by atoms with Crippen molar-refractivity contribution in [3.8, 4) is 11.5 Å². The molecule has 1 heterocycles. The highest BCUT2D eigenvalue weighted by molar-refractivity contribution is 7.85. The second kappa shape index (κ2) is 12.5. The van der Waals surface area contributed by atoms with Gasteiger partial charge in [-0.3, -0.25) is 9.08 Å². The van der Waals surface area contributed by atoms with Gasteiger partial charge in [-0.25, -0.2) is 4.79 Å². The molecule has 43 heavy (non-hydrogen) atoms. The maximum Gasteiger partial charge on any atom is 0.573 e. The fourth-order valence-electron chi connectivity index (χ4n) is 5.37. The predicted molar refractivity (Wildman–Crippen MR) is 151 cm³/mol. The summed E-state index contributed by atoms with van der Waals surface area (Å²) in [5.74, 6) is -1.27. The highest BCUT2D eigenvalue weighted by Crippen LogP contribution is 2.47. The van der Waals surface area contributed by atoms with Crippen LogP contribution in [0.15, 0.2) is 48.5 Å². The van der Waals surface area contributed by atoms with E-state index in [1.807, 2.05) is 0 Å². The van der Waals surface area contributed by atoms with Crippen molar-refractivity contribution >= 4 is 16.2 Å². The molecule has 2 aromatic carbocycles. The highest BCUT2D eigenvalue weighted by atomic mass is 32.2. The van der Waals surface area contributed by atoms with Crippen LogP contribution in [-0.2, 0) is 19.0 Å². The molecule has 2 aromatic rings. The topological polar surface area (TPSA) is 112 Å². The number of halogens is 3. The standard InChI is InChI=1S/C30H38F3NO8S/c1-28(2,3)42-27(35)34-16-8-15-29(36,26(34)20-9-6-5-7-10-20)18-21(19-39-43(4,37)38)24-17-23(41-30(31,32)33)13-14-25(24)40-22-11-12-22/h5-7,9-10,13-14,17,21-22,26,36H,8,11-12,15-16,18-19H2,1-4H3/t21-,26-,29+/m1/s1. The van der Waals surface area contributed by atoms with Crippen molar-refractivity contribution in [2.24, 2.45) is 0 Å². The molecule has 1 amide bonds. The van der Waals surface area contributed by atoms with Crippen LogP contribution in [0.4, 0.5) is 18.0 Å². The van der Waals surface area contributed by atoms with E-state index in [4.69, 9.17) is 13.7 Å². The quantitative estimate of drug-likeness (QED) is 0.315. The first-order chi connectivity index (χ1) is 19.9. The smallest absolute Gasteiger partial charge is 0.490 e. The van der Waals surface area contributed by atoms with Gasteiger partial charge in [0, 0.05) is 18.0 Å². The van der Waals surface area contributed by atoms with Crippen LogP contribution >= 0.6 is 0 Å². The molecule has 2 fully saturated rings. The number of hydrogen-bond acceptors (Lipinski definition) is 8. The summed E-state index contributed by atoms with van der Waals surface area (Å²) in [4.78, 5) is 14.9. The summed E-state index contributed by atoms with van der Waals surface area (Å²) in [6.45, 7) is 4.98. The van der Waals surface area contributed by atoms with E-state index in [1.54, 1.807) is 51.1 Å². The molecule has 4 rings (SSSR count). The van der Waals surface area contributed by atoms with Gasteiger partial charge in [0.15, 0.2) is 0 Å². The Balaban J connectivity index is 1.79. The summed E-state index contributed by atoms with van der Waals surface area (Å²) in [5, 5.41) is 12.4. The maximum absolute atomic E-state index is 13.4. The zero-order valence-electron chi connectivity index (χ0n) is 24.6. The summed E-state index contributed by atoms with van der Waals surface area (Å²) in [6.07, 6.45) is -2.95. The molecule has 238 valence electrons. The largest absolute Gasteiger partial charge is 0.573 e. The average Bonchev–Trinajstić information content (AvgIpc) is 3.69. The third-order valence-electron chi connectivity index (χ3n) is 7.13. The van der Waals surface area contributed by atoms with Gasteiger partial charge in [-0.2, -0.15) is 8.42 Å². The molecule has 1 aliphatic carbocycles. The minimum atomic E-state index is -4.97. The molecule has 0 radical (unpaired) electrons. The minimum absolute atomic E-state index is 0.137. The Bertz CT molecular complexity index is 1380. The third kappa shape index (κ3) is 9.48. The minimum Gasteiger partial charge on any atom is -0.490 e. The van der Waals surface area contributed by atoms with Crippen LogP contribution in [0, 0.1) is 0 Å². The van der Waals surface area contributed by atoms with E-state index in [9.17, 15) is 31.5 Å². The fraction of sp³-hybridized carbons (Fsp3) is 0.567.